The molecule has 0 bridgehead atoms. The van der Waals surface area contributed by atoms with Gasteiger partial charge < -0.3 is 15.2 Å². The van der Waals surface area contributed by atoms with Crippen molar-refractivity contribution in [2.24, 2.45) is 10.8 Å². The number of nitrogens with two attached hydrogens (primary N) is 1. The lowest BCUT2D eigenvalue weighted by Gasteiger charge is -2.13. The van der Waals surface area contributed by atoms with Crippen LogP contribution < -0.4 is 20.6 Å². The standard InChI is InChI=1S/C17H19N3O2S/c1-21-15-9-5-8-14(12-19-20-17(18)23)16(15)22-11-10-13-6-3-2-4-7-13/h2-9,12H,10-11H2,1H3,(H3,18,20,23)/b19-12+. The molecule has 3 N–H and O–H groups in total. The van der Waals surface area contributed by atoms with Crippen molar-refractivity contribution in [2.75, 3.05) is 13.7 Å². The Hall–Kier alpha value is -2.60. The Labute approximate surface area is 141 Å². The summed E-state index contributed by atoms with van der Waals surface area (Å²) in [7, 11) is 1.60. The van der Waals surface area contributed by atoms with Gasteiger partial charge >= 0.3 is 0 Å². The molecule has 23 heavy (non-hydrogen) atoms. The maximum atomic E-state index is 5.91. The molecule has 6 heteroatoms. The smallest absolute Gasteiger partial charge is 0.184 e. The molecule has 0 radical (unpaired) electrons. The number of ether oxygens (including phenoxy) is 2. The molecular weight excluding hydrogens is 310 g/mol. The van der Waals surface area contributed by atoms with Gasteiger partial charge in [-0.2, -0.15) is 5.10 Å². The van der Waals surface area contributed by atoms with E-state index in [-0.39, 0.29) is 5.11 Å². The highest BCUT2D eigenvalue weighted by Crippen LogP contribution is 2.30. The van der Waals surface area contributed by atoms with Crippen molar-refractivity contribution in [3.63, 3.8) is 0 Å². The first-order valence-electron chi connectivity index (χ1n) is 7.13. The van der Waals surface area contributed by atoms with E-state index in [0.29, 0.717) is 18.1 Å². The van der Waals surface area contributed by atoms with Crippen LogP contribution in [0.4, 0.5) is 0 Å². The minimum absolute atomic E-state index is 0.107. The number of para-hydroxylation sites is 1. The molecule has 0 amide bonds. The van der Waals surface area contributed by atoms with Crippen LogP contribution in [0.25, 0.3) is 0 Å². The maximum Gasteiger partial charge on any atom is 0.184 e. The maximum absolute atomic E-state index is 5.91. The average Bonchev–Trinajstić information content (AvgIpc) is 2.56. The van der Waals surface area contributed by atoms with E-state index in [2.05, 4.69) is 22.7 Å². The summed E-state index contributed by atoms with van der Waals surface area (Å²) in [6.45, 7) is 0.536. The summed E-state index contributed by atoms with van der Waals surface area (Å²) >= 11 is 4.71. The summed E-state index contributed by atoms with van der Waals surface area (Å²) in [5.41, 5.74) is 9.86. The fraction of sp³-hybridized carbons (Fsp3) is 0.176. The monoisotopic (exact) mass is 329 g/mol. The topological polar surface area (TPSA) is 68.9 Å². The molecule has 2 aromatic rings. The molecule has 0 spiro atoms. The fourth-order valence-corrected chi connectivity index (χ4v) is 2.08. The second-order valence-electron chi connectivity index (χ2n) is 4.70. The zero-order chi connectivity index (χ0) is 16.5. The van der Waals surface area contributed by atoms with E-state index < -0.39 is 0 Å². The van der Waals surface area contributed by atoms with Crippen LogP contribution in [0.5, 0.6) is 11.5 Å². The number of nitrogens with zero attached hydrogens (tertiary/aromatic N) is 1. The fourth-order valence-electron chi connectivity index (χ4n) is 2.03. The van der Waals surface area contributed by atoms with Gasteiger partial charge in [-0.15, -0.1) is 0 Å². The highest BCUT2D eigenvalue weighted by Gasteiger charge is 2.09. The van der Waals surface area contributed by atoms with Crippen LogP contribution in [0.15, 0.2) is 53.6 Å². The Morgan fingerprint density at radius 3 is 2.70 bits per heavy atom. The van der Waals surface area contributed by atoms with Gasteiger partial charge in [0.25, 0.3) is 0 Å². The van der Waals surface area contributed by atoms with Crippen LogP contribution in [0.2, 0.25) is 0 Å². The minimum atomic E-state index is 0.107. The van der Waals surface area contributed by atoms with Crippen molar-refractivity contribution < 1.29 is 9.47 Å². The quantitative estimate of drug-likeness (QED) is 0.464. The Balaban J connectivity index is 2.08. The molecule has 0 aliphatic rings. The molecule has 2 aromatic carbocycles. The molecule has 120 valence electrons. The van der Waals surface area contributed by atoms with Gasteiger partial charge in [-0.1, -0.05) is 36.4 Å². The number of methoxy groups -OCH3 is 1. The highest BCUT2D eigenvalue weighted by molar-refractivity contribution is 7.80. The summed E-state index contributed by atoms with van der Waals surface area (Å²) < 4.78 is 11.3. The number of hydrazone groups is 1. The van der Waals surface area contributed by atoms with Gasteiger partial charge in [0.2, 0.25) is 0 Å². The molecule has 0 heterocycles. The molecule has 5 nitrogen and oxygen atoms in total. The van der Waals surface area contributed by atoms with Crippen molar-refractivity contribution in [2.45, 2.75) is 6.42 Å². The van der Waals surface area contributed by atoms with Gasteiger partial charge in [0.15, 0.2) is 16.6 Å². The van der Waals surface area contributed by atoms with Gasteiger partial charge in [-0.05, 0) is 29.9 Å². The molecule has 0 unspecified atom stereocenters. The summed E-state index contributed by atoms with van der Waals surface area (Å²) in [4.78, 5) is 0. The highest BCUT2D eigenvalue weighted by atomic mass is 32.1. The van der Waals surface area contributed by atoms with Crippen LogP contribution >= 0.6 is 12.2 Å². The van der Waals surface area contributed by atoms with Crippen molar-refractivity contribution in [3.05, 3.63) is 59.7 Å². The third-order valence-electron chi connectivity index (χ3n) is 3.09. The van der Waals surface area contributed by atoms with E-state index in [1.165, 1.54) is 5.56 Å². The molecule has 0 aromatic heterocycles. The average molecular weight is 329 g/mol. The Morgan fingerprint density at radius 2 is 2.00 bits per heavy atom. The molecule has 0 aliphatic carbocycles. The number of hydrogen-bond donors (Lipinski definition) is 2. The Morgan fingerprint density at radius 1 is 1.22 bits per heavy atom. The van der Waals surface area contributed by atoms with E-state index >= 15 is 0 Å². The molecule has 0 saturated heterocycles. The number of nitrogens with one attached hydrogen (secondary N) is 1. The molecule has 0 atom stereocenters. The zero-order valence-corrected chi connectivity index (χ0v) is 13.7. The van der Waals surface area contributed by atoms with Crippen LogP contribution in [-0.4, -0.2) is 25.0 Å². The molecule has 0 aliphatic heterocycles. The Bertz CT molecular complexity index is 675. The zero-order valence-electron chi connectivity index (χ0n) is 12.9. The van der Waals surface area contributed by atoms with Crippen LogP contribution in [0, 0.1) is 0 Å². The van der Waals surface area contributed by atoms with Crippen molar-refractivity contribution >= 4 is 23.5 Å². The second-order valence-corrected chi connectivity index (χ2v) is 5.14. The van der Waals surface area contributed by atoms with Gasteiger partial charge in [0.1, 0.15) is 0 Å². The molecule has 0 saturated carbocycles. The summed E-state index contributed by atoms with van der Waals surface area (Å²) in [6, 6.07) is 15.7. The van der Waals surface area contributed by atoms with Crippen LogP contribution in [-0.2, 0) is 6.42 Å². The third kappa shape index (κ3) is 5.27. The summed E-state index contributed by atoms with van der Waals surface area (Å²) in [6.07, 6.45) is 2.40. The normalized spacial score (nSPS) is 10.5. The van der Waals surface area contributed by atoms with E-state index in [9.17, 15) is 0 Å². The van der Waals surface area contributed by atoms with E-state index in [1.807, 2.05) is 36.4 Å². The number of rotatable bonds is 7. The second kappa shape index (κ2) is 8.75. The van der Waals surface area contributed by atoms with E-state index in [0.717, 1.165) is 12.0 Å². The van der Waals surface area contributed by atoms with E-state index in [4.69, 9.17) is 27.4 Å². The predicted octanol–water partition coefficient (Wildman–Crippen LogP) is 2.48. The van der Waals surface area contributed by atoms with Crippen molar-refractivity contribution in [1.29, 1.82) is 0 Å². The largest absolute Gasteiger partial charge is 0.493 e. The molecular formula is C17H19N3O2S. The first-order valence-corrected chi connectivity index (χ1v) is 7.53. The molecule has 0 fully saturated rings. The molecule has 2 rings (SSSR count). The first-order chi connectivity index (χ1) is 11.2. The van der Waals surface area contributed by atoms with Gasteiger partial charge in [0.05, 0.1) is 19.9 Å². The lowest BCUT2D eigenvalue weighted by molar-refractivity contribution is 0.297. The van der Waals surface area contributed by atoms with Gasteiger partial charge in [0, 0.05) is 12.0 Å². The first kappa shape index (κ1) is 16.8. The lowest BCUT2D eigenvalue weighted by atomic mass is 10.1. The SMILES string of the molecule is COc1cccc(/C=N/NC(N)=S)c1OCCc1ccccc1. The predicted molar refractivity (Wildman–Crippen MR) is 96.2 cm³/mol. The van der Waals surface area contributed by atoms with Crippen LogP contribution in [0.3, 0.4) is 0 Å². The van der Waals surface area contributed by atoms with Gasteiger partial charge in [-0.3, -0.25) is 5.43 Å². The lowest BCUT2D eigenvalue weighted by Crippen LogP contribution is -2.24. The minimum Gasteiger partial charge on any atom is -0.493 e. The number of hydrogen-bond acceptors (Lipinski definition) is 4. The summed E-state index contributed by atoms with van der Waals surface area (Å²) in [5, 5.41) is 4.07. The number of benzene rings is 2. The number of thiocarbonyl (C=S) groups is 1. The van der Waals surface area contributed by atoms with Crippen molar-refractivity contribution in [3.8, 4) is 11.5 Å². The van der Waals surface area contributed by atoms with Crippen molar-refractivity contribution in [1.82, 2.24) is 5.43 Å². The Kier molecular flexibility index (Phi) is 6.38. The van der Waals surface area contributed by atoms with Gasteiger partial charge in [-0.25, -0.2) is 0 Å². The summed E-state index contributed by atoms with van der Waals surface area (Å²) in [5.74, 6) is 1.29. The van der Waals surface area contributed by atoms with Crippen LogP contribution in [0.1, 0.15) is 11.1 Å². The van der Waals surface area contributed by atoms with E-state index in [1.54, 1.807) is 13.3 Å². The third-order valence-corrected chi connectivity index (χ3v) is 3.18.